The van der Waals surface area contributed by atoms with Crippen molar-refractivity contribution in [2.45, 2.75) is 33.8 Å². The molecule has 0 bridgehead atoms. The van der Waals surface area contributed by atoms with Crippen molar-refractivity contribution in [1.82, 2.24) is 4.90 Å². The van der Waals surface area contributed by atoms with Gasteiger partial charge in [0.05, 0.1) is 11.0 Å². The average Bonchev–Trinajstić information content (AvgIpc) is 2.84. The lowest BCUT2D eigenvalue weighted by Crippen LogP contribution is -2.35. The first-order valence-corrected chi connectivity index (χ1v) is 9.47. The lowest BCUT2D eigenvalue weighted by molar-refractivity contribution is -0.149. The predicted octanol–water partition coefficient (Wildman–Crippen LogP) is 3.52. The molecule has 0 saturated carbocycles. The van der Waals surface area contributed by atoms with Crippen molar-refractivity contribution in [3.05, 3.63) is 34.7 Å². The van der Waals surface area contributed by atoms with Crippen LogP contribution in [0, 0.1) is 0 Å². The second kappa shape index (κ2) is 8.89. The monoisotopic (exact) mass is 376 g/mol. The van der Waals surface area contributed by atoms with Crippen molar-refractivity contribution in [3.8, 4) is 0 Å². The number of imide groups is 1. The summed E-state index contributed by atoms with van der Waals surface area (Å²) in [4.78, 5) is 39.6. The van der Waals surface area contributed by atoms with Crippen LogP contribution in [0.1, 0.15) is 33.3 Å². The first kappa shape index (κ1) is 20.0. The van der Waals surface area contributed by atoms with Gasteiger partial charge in [-0.15, -0.1) is 0 Å². The second-order valence-corrected chi connectivity index (χ2v) is 7.06. The molecule has 2 rings (SSSR count). The molecule has 140 valence electrons. The van der Waals surface area contributed by atoms with Crippen LogP contribution >= 0.6 is 11.8 Å². The van der Waals surface area contributed by atoms with Crippen LogP contribution in [0.4, 0.5) is 10.5 Å². The highest BCUT2D eigenvalue weighted by atomic mass is 32.2. The number of carbonyl (C=O) groups is 3. The maximum absolute atomic E-state index is 12.4. The molecule has 0 radical (unpaired) electrons. The zero-order valence-electron chi connectivity index (χ0n) is 15.5. The van der Waals surface area contributed by atoms with E-state index in [2.05, 4.69) is 18.7 Å². The van der Waals surface area contributed by atoms with Gasteiger partial charge in [0.25, 0.3) is 11.1 Å². The molecule has 7 heteroatoms. The summed E-state index contributed by atoms with van der Waals surface area (Å²) in [6.07, 6.45) is 1.38. The van der Waals surface area contributed by atoms with Crippen LogP contribution in [0.3, 0.4) is 0 Å². The van der Waals surface area contributed by atoms with Gasteiger partial charge in [-0.2, -0.15) is 0 Å². The van der Waals surface area contributed by atoms with Crippen molar-refractivity contribution in [3.63, 3.8) is 0 Å². The summed E-state index contributed by atoms with van der Waals surface area (Å²) in [6, 6.07) is 7.80. The number of thioether (sulfide) groups is 1. The average molecular weight is 376 g/mol. The molecule has 1 fully saturated rings. The fraction of sp³-hybridized carbons (Fsp3) is 0.421. The third kappa shape index (κ3) is 4.88. The van der Waals surface area contributed by atoms with Gasteiger partial charge in [-0.3, -0.25) is 19.3 Å². The zero-order chi connectivity index (χ0) is 19.3. The quantitative estimate of drug-likeness (QED) is 0.536. The van der Waals surface area contributed by atoms with E-state index in [0.29, 0.717) is 4.91 Å². The van der Waals surface area contributed by atoms with Crippen LogP contribution in [-0.2, 0) is 14.3 Å². The van der Waals surface area contributed by atoms with Crippen LogP contribution in [0.5, 0.6) is 0 Å². The number of amides is 2. The first-order valence-electron chi connectivity index (χ1n) is 8.65. The minimum absolute atomic E-state index is 0.290. The van der Waals surface area contributed by atoms with Crippen LogP contribution in [0.15, 0.2) is 29.2 Å². The van der Waals surface area contributed by atoms with Crippen molar-refractivity contribution in [1.29, 1.82) is 0 Å². The van der Waals surface area contributed by atoms with Gasteiger partial charge in [0.15, 0.2) is 0 Å². The van der Waals surface area contributed by atoms with E-state index >= 15 is 0 Å². The number of ether oxygens (including phenoxy) is 1. The fourth-order valence-electron chi connectivity index (χ4n) is 2.59. The number of carbonyl (C=O) groups excluding carboxylic acids is 3. The summed E-state index contributed by atoms with van der Waals surface area (Å²) in [6.45, 7) is 9.10. The fourth-order valence-corrected chi connectivity index (χ4v) is 3.43. The van der Waals surface area contributed by atoms with Crippen molar-refractivity contribution < 1.29 is 19.1 Å². The number of benzene rings is 1. The smallest absolute Gasteiger partial charge is 0.326 e. The molecule has 0 atom stereocenters. The van der Waals surface area contributed by atoms with Gasteiger partial charge in [0.2, 0.25) is 0 Å². The SMILES string of the molecule is CCN(CC)c1ccc(/C=C2/SC(=O)N(CC(=O)OC(C)C)C2=O)cc1. The Morgan fingerprint density at radius 1 is 1.19 bits per heavy atom. The van der Waals surface area contributed by atoms with Gasteiger partial charge < -0.3 is 9.64 Å². The van der Waals surface area contributed by atoms with E-state index in [4.69, 9.17) is 4.74 Å². The van der Waals surface area contributed by atoms with E-state index in [1.54, 1.807) is 19.9 Å². The van der Waals surface area contributed by atoms with Gasteiger partial charge in [-0.05, 0) is 63.2 Å². The van der Waals surface area contributed by atoms with Crippen molar-refractivity contribution >= 4 is 40.6 Å². The molecule has 0 unspecified atom stereocenters. The maximum atomic E-state index is 12.4. The Balaban J connectivity index is 2.10. The molecule has 1 heterocycles. The van der Waals surface area contributed by atoms with E-state index < -0.39 is 17.1 Å². The van der Waals surface area contributed by atoms with Crippen LogP contribution in [-0.4, -0.2) is 47.8 Å². The Hall–Kier alpha value is -2.28. The minimum Gasteiger partial charge on any atom is -0.462 e. The van der Waals surface area contributed by atoms with E-state index in [1.165, 1.54) is 0 Å². The number of hydrogen-bond donors (Lipinski definition) is 0. The molecule has 2 amide bonds. The molecule has 1 aromatic rings. The summed E-state index contributed by atoms with van der Waals surface area (Å²) in [5.41, 5.74) is 1.94. The molecular formula is C19H24N2O4S. The summed E-state index contributed by atoms with van der Waals surface area (Å²) in [7, 11) is 0. The van der Waals surface area contributed by atoms with Gasteiger partial charge in [-0.25, -0.2) is 0 Å². The van der Waals surface area contributed by atoms with Crippen LogP contribution in [0.25, 0.3) is 6.08 Å². The lowest BCUT2D eigenvalue weighted by atomic mass is 10.1. The largest absolute Gasteiger partial charge is 0.462 e. The standard InChI is InChI=1S/C19H24N2O4S/c1-5-20(6-2)15-9-7-14(8-10-15)11-16-18(23)21(19(24)26-16)12-17(22)25-13(3)4/h7-11,13H,5-6,12H2,1-4H3/b16-11+. The Labute approximate surface area is 158 Å². The van der Waals surface area contributed by atoms with E-state index in [1.807, 2.05) is 24.3 Å². The molecule has 0 aromatic heterocycles. The number of esters is 1. The highest BCUT2D eigenvalue weighted by Crippen LogP contribution is 2.32. The lowest BCUT2D eigenvalue weighted by Gasteiger charge is -2.20. The summed E-state index contributed by atoms with van der Waals surface area (Å²) >= 11 is 0.837. The molecular weight excluding hydrogens is 352 g/mol. The zero-order valence-corrected chi connectivity index (χ0v) is 16.3. The normalized spacial score (nSPS) is 15.9. The summed E-state index contributed by atoms with van der Waals surface area (Å²) in [5.74, 6) is -1.05. The third-order valence-corrected chi connectivity index (χ3v) is 4.75. The van der Waals surface area contributed by atoms with Crippen LogP contribution in [0.2, 0.25) is 0 Å². The molecule has 0 spiro atoms. The topological polar surface area (TPSA) is 66.9 Å². The number of anilines is 1. The van der Waals surface area contributed by atoms with Gasteiger partial charge >= 0.3 is 5.97 Å². The van der Waals surface area contributed by atoms with Gasteiger partial charge in [-0.1, -0.05) is 12.1 Å². The molecule has 26 heavy (non-hydrogen) atoms. The number of nitrogens with zero attached hydrogens (tertiary/aromatic N) is 2. The third-order valence-electron chi connectivity index (χ3n) is 3.85. The molecule has 0 N–H and O–H groups in total. The van der Waals surface area contributed by atoms with Crippen LogP contribution < -0.4 is 4.90 Å². The second-order valence-electron chi connectivity index (χ2n) is 6.07. The Morgan fingerprint density at radius 2 is 1.81 bits per heavy atom. The predicted molar refractivity (Wildman–Crippen MR) is 104 cm³/mol. The first-order chi connectivity index (χ1) is 12.3. The van der Waals surface area contributed by atoms with E-state index in [9.17, 15) is 14.4 Å². The Kier molecular flexibility index (Phi) is 6.85. The molecule has 0 aliphatic carbocycles. The maximum Gasteiger partial charge on any atom is 0.326 e. The number of rotatable bonds is 7. The molecule has 1 aliphatic heterocycles. The Bertz CT molecular complexity index is 709. The van der Waals surface area contributed by atoms with E-state index in [0.717, 1.165) is 41.0 Å². The summed E-state index contributed by atoms with van der Waals surface area (Å²) < 4.78 is 5.00. The van der Waals surface area contributed by atoms with Crippen molar-refractivity contribution in [2.75, 3.05) is 24.5 Å². The van der Waals surface area contributed by atoms with E-state index in [-0.39, 0.29) is 12.6 Å². The molecule has 6 nitrogen and oxygen atoms in total. The molecule has 1 aromatic carbocycles. The van der Waals surface area contributed by atoms with Crippen molar-refractivity contribution in [2.24, 2.45) is 0 Å². The van der Waals surface area contributed by atoms with Gasteiger partial charge in [0.1, 0.15) is 6.54 Å². The minimum atomic E-state index is -0.591. The number of hydrogen-bond acceptors (Lipinski definition) is 6. The summed E-state index contributed by atoms with van der Waals surface area (Å²) in [5, 5.41) is -0.457. The highest BCUT2D eigenvalue weighted by molar-refractivity contribution is 8.18. The van der Waals surface area contributed by atoms with Gasteiger partial charge in [0, 0.05) is 18.8 Å². The molecule has 1 aliphatic rings. The Morgan fingerprint density at radius 3 is 2.35 bits per heavy atom. The molecule has 1 saturated heterocycles. The highest BCUT2D eigenvalue weighted by Gasteiger charge is 2.36.